The zero-order valence-corrected chi connectivity index (χ0v) is 20.9. The van der Waals surface area contributed by atoms with Gasteiger partial charge in [0.25, 0.3) is 0 Å². The zero-order valence-electron chi connectivity index (χ0n) is 18.5. The van der Waals surface area contributed by atoms with Gasteiger partial charge in [-0.3, -0.25) is 9.67 Å². The van der Waals surface area contributed by atoms with Gasteiger partial charge in [-0.15, -0.1) is 24.0 Å². The SMILES string of the molecule is CN=C(NCCCc1cn(-c2ccccc2)nc1C)N1CCC(c2cnn(C)c2)C1.I. The number of hydrogen-bond acceptors (Lipinski definition) is 3. The molecule has 166 valence electrons. The number of benzene rings is 1. The molecule has 0 spiro atoms. The third-order valence-corrected chi connectivity index (χ3v) is 5.82. The lowest BCUT2D eigenvalue weighted by Crippen LogP contribution is -2.40. The maximum Gasteiger partial charge on any atom is 0.193 e. The number of halogens is 1. The van der Waals surface area contributed by atoms with Gasteiger partial charge in [-0.25, -0.2) is 4.68 Å². The van der Waals surface area contributed by atoms with Crippen LogP contribution < -0.4 is 5.32 Å². The normalized spacial score (nSPS) is 16.4. The molecule has 31 heavy (non-hydrogen) atoms. The van der Waals surface area contributed by atoms with Crippen LogP contribution >= 0.6 is 24.0 Å². The molecule has 7 nitrogen and oxygen atoms in total. The summed E-state index contributed by atoms with van der Waals surface area (Å²) in [6.07, 6.45) is 9.45. The zero-order chi connectivity index (χ0) is 20.9. The van der Waals surface area contributed by atoms with E-state index in [1.807, 2.05) is 47.9 Å². The van der Waals surface area contributed by atoms with Gasteiger partial charge in [0, 0.05) is 52.0 Å². The Morgan fingerprint density at radius 3 is 2.74 bits per heavy atom. The van der Waals surface area contributed by atoms with Crippen LogP contribution in [-0.2, 0) is 13.5 Å². The van der Waals surface area contributed by atoms with Gasteiger partial charge in [-0.2, -0.15) is 10.2 Å². The second kappa shape index (κ2) is 10.8. The van der Waals surface area contributed by atoms with Crippen molar-refractivity contribution in [3.8, 4) is 5.69 Å². The van der Waals surface area contributed by atoms with Crippen molar-refractivity contribution in [1.82, 2.24) is 29.8 Å². The second-order valence-electron chi connectivity index (χ2n) is 7.98. The number of aryl methyl sites for hydroxylation is 3. The Bertz CT molecular complexity index is 993. The van der Waals surface area contributed by atoms with Crippen LogP contribution in [0.15, 0.2) is 53.9 Å². The molecule has 1 atom stereocenters. The molecule has 1 saturated heterocycles. The maximum atomic E-state index is 4.67. The first-order valence-electron chi connectivity index (χ1n) is 10.7. The molecular formula is C23H32IN7. The number of guanidine groups is 1. The predicted molar refractivity (Wildman–Crippen MR) is 136 cm³/mol. The molecule has 1 N–H and O–H groups in total. The summed E-state index contributed by atoms with van der Waals surface area (Å²) in [4.78, 5) is 6.86. The summed E-state index contributed by atoms with van der Waals surface area (Å²) in [5, 5.41) is 12.5. The lowest BCUT2D eigenvalue weighted by Gasteiger charge is -2.21. The molecule has 3 aromatic rings. The Morgan fingerprint density at radius 1 is 1.23 bits per heavy atom. The van der Waals surface area contributed by atoms with Crippen LogP contribution in [0.1, 0.15) is 35.6 Å². The fraction of sp³-hybridized carbons (Fsp3) is 0.435. The van der Waals surface area contributed by atoms with E-state index >= 15 is 0 Å². The topological polar surface area (TPSA) is 63.3 Å². The largest absolute Gasteiger partial charge is 0.356 e. The average Bonchev–Trinajstić information content (AvgIpc) is 3.49. The van der Waals surface area contributed by atoms with E-state index in [0.717, 1.165) is 56.2 Å². The van der Waals surface area contributed by atoms with Crippen molar-refractivity contribution in [1.29, 1.82) is 0 Å². The smallest absolute Gasteiger partial charge is 0.193 e. The molecule has 0 radical (unpaired) electrons. The third kappa shape index (κ3) is 5.66. The van der Waals surface area contributed by atoms with E-state index < -0.39 is 0 Å². The molecule has 2 aromatic heterocycles. The summed E-state index contributed by atoms with van der Waals surface area (Å²) in [6, 6.07) is 10.3. The first-order valence-corrected chi connectivity index (χ1v) is 10.7. The summed E-state index contributed by atoms with van der Waals surface area (Å²) in [5.74, 6) is 1.53. The van der Waals surface area contributed by atoms with Crippen LogP contribution in [0.5, 0.6) is 0 Å². The minimum atomic E-state index is 0. The first kappa shape index (κ1) is 23.3. The Morgan fingerprint density at radius 2 is 2.03 bits per heavy atom. The molecule has 0 aliphatic carbocycles. The molecule has 0 amide bonds. The molecule has 0 saturated carbocycles. The molecule has 4 rings (SSSR count). The van der Waals surface area contributed by atoms with Gasteiger partial charge < -0.3 is 10.2 Å². The number of likely N-dealkylation sites (tertiary alicyclic amines) is 1. The Kier molecular flexibility index (Phi) is 8.11. The van der Waals surface area contributed by atoms with Gasteiger partial charge in [0.15, 0.2) is 5.96 Å². The van der Waals surface area contributed by atoms with Crippen LogP contribution in [-0.4, -0.2) is 57.1 Å². The van der Waals surface area contributed by atoms with Crippen molar-refractivity contribution < 1.29 is 0 Å². The minimum absolute atomic E-state index is 0. The van der Waals surface area contributed by atoms with Gasteiger partial charge in [-0.1, -0.05) is 18.2 Å². The van der Waals surface area contributed by atoms with Gasteiger partial charge in [0.05, 0.1) is 17.6 Å². The summed E-state index contributed by atoms with van der Waals surface area (Å²) < 4.78 is 3.85. The number of aromatic nitrogens is 4. The molecule has 8 heteroatoms. The number of para-hydroxylation sites is 1. The fourth-order valence-corrected chi connectivity index (χ4v) is 4.14. The predicted octanol–water partition coefficient (Wildman–Crippen LogP) is 3.53. The number of rotatable bonds is 6. The van der Waals surface area contributed by atoms with E-state index in [1.54, 1.807) is 0 Å². The van der Waals surface area contributed by atoms with E-state index in [2.05, 4.69) is 56.9 Å². The summed E-state index contributed by atoms with van der Waals surface area (Å²) >= 11 is 0. The van der Waals surface area contributed by atoms with Crippen molar-refractivity contribution in [2.75, 3.05) is 26.7 Å². The summed E-state index contributed by atoms with van der Waals surface area (Å²) in [6.45, 7) is 5.01. The third-order valence-electron chi connectivity index (χ3n) is 5.82. The van der Waals surface area contributed by atoms with Crippen molar-refractivity contribution >= 4 is 29.9 Å². The van der Waals surface area contributed by atoms with Crippen LogP contribution in [0.4, 0.5) is 0 Å². The lowest BCUT2D eigenvalue weighted by atomic mass is 10.0. The quantitative estimate of drug-likeness (QED) is 0.228. The van der Waals surface area contributed by atoms with Gasteiger partial charge >= 0.3 is 0 Å². The van der Waals surface area contributed by atoms with Crippen LogP contribution in [0, 0.1) is 6.92 Å². The Labute approximate surface area is 201 Å². The highest BCUT2D eigenvalue weighted by Crippen LogP contribution is 2.26. The highest BCUT2D eigenvalue weighted by atomic mass is 127. The molecule has 1 fully saturated rings. The van der Waals surface area contributed by atoms with Crippen LogP contribution in [0.2, 0.25) is 0 Å². The van der Waals surface area contributed by atoms with Crippen LogP contribution in [0.3, 0.4) is 0 Å². The van der Waals surface area contributed by atoms with E-state index in [-0.39, 0.29) is 24.0 Å². The standard InChI is InChI=1S/C23H31N7.HI/c1-18-19(17-30(27-18)22-9-5-4-6-10-22)8-7-12-25-23(24-2)29-13-11-20(16-29)21-14-26-28(3)15-21;/h4-6,9-10,14-15,17,20H,7-8,11-13,16H2,1-3H3,(H,24,25);1H. The average molecular weight is 533 g/mol. The minimum Gasteiger partial charge on any atom is -0.356 e. The highest BCUT2D eigenvalue weighted by molar-refractivity contribution is 14.0. The monoisotopic (exact) mass is 533 g/mol. The number of nitrogens with one attached hydrogen (secondary N) is 1. The van der Waals surface area contributed by atoms with Crippen LogP contribution in [0.25, 0.3) is 5.69 Å². The Hall–Kier alpha value is -2.36. The molecular weight excluding hydrogens is 501 g/mol. The van der Waals surface area contributed by atoms with Crippen molar-refractivity contribution in [3.05, 3.63) is 65.7 Å². The van der Waals surface area contributed by atoms with E-state index in [1.165, 1.54) is 11.1 Å². The van der Waals surface area contributed by atoms with Gasteiger partial charge in [0.1, 0.15) is 0 Å². The van der Waals surface area contributed by atoms with Gasteiger partial charge in [0.2, 0.25) is 0 Å². The number of aliphatic imine (C=N–C) groups is 1. The number of hydrogen-bond donors (Lipinski definition) is 1. The van der Waals surface area contributed by atoms with E-state index in [0.29, 0.717) is 5.92 Å². The van der Waals surface area contributed by atoms with Gasteiger partial charge in [-0.05, 0) is 49.4 Å². The molecule has 1 aliphatic rings. The maximum absolute atomic E-state index is 4.67. The molecule has 3 heterocycles. The molecule has 1 unspecified atom stereocenters. The molecule has 1 aromatic carbocycles. The highest BCUT2D eigenvalue weighted by Gasteiger charge is 2.26. The van der Waals surface area contributed by atoms with E-state index in [9.17, 15) is 0 Å². The molecule has 1 aliphatic heterocycles. The summed E-state index contributed by atoms with van der Waals surface area (Å²) in [7, 11) is 3.84. The lowest BCUT2D eigenvalue weighted by molar-refractivity contribution is 0.485. The number of nitrogens with zero attached hydrogens (tertiary/aromatic N) is 6. The van der Waals surface area contributed by atoms with E-state index in [4.69, 9.17) is 0 Å². The first-order chi connectivity index (χ1) is 14.6. The fourth-order valence-electron chi connectivity index (χ4n) is 4.14. The summed E-state index contributed by atoms with van der Waals surface area (Å²) in [5.41, 5.74) is 4.82. The van der Waals surface area contributed by atoms with Crippen molar-refractivity contribution in [2.24, 2.45) is 12.0 Å². The molecule has 0 bridgehead atoms. The van der Waals surface area contributed by atoms with Crippen molar-refractivity contribution in [3.63, 3.8) is 0 Å². The second-order valence-corrected chi connectivity index (χ2v) is 7.98. The van der Waals surface area contributed by atoms with Crippen molar-refractivity contribution in [2.45, 2.75) is 32.1 Å². The Balaban J connectivity index is 0.00000272.